The number of carbonyl (C=O) groups is 1. The summed E-state index contributed by atoms with van der Waals surface area (Å²) in [5.74, 6) is -0.348. The van der Waals surface area contributed by atoms with Crippen LogP contribution in [-0.2, 0) is 4.79 Å². The average Bonchev–Trinajstić information content (AvgIpc) is 2.39. The fourth-order valence-corrected chi connectivity index (χ4v) is 1.70. The number of alkyl halides is 2. The standard InChI is InChI=1S/C12H13Cl2F2NO3/c13-9-2-1-8(5-10(9)14)20-7-12(19)17(3-4-18)6-11(15)16/h1-2,5,11,18H,3-4,6-7H2. The van der Waals surface area contributed by atoms with Gasteiger partial charge < -0.3 is 14.7 Å². The number of halogens is 4. The predicted molar refractivity (Wildman–Crippen MR) is 71.6 cm³/mol. The fourth-order valence-electron chi connectivity index (χ4n) is 1.41. The Hall–Kier alpha value is -1.11. The molecule has 0 fully saturated rings. The van der Waals surface area contributed by atoms with Gasteiger partial charge in [-0.05, 0) is 12.1 Å². The van der Waals surface area contributed by atoms with Crippen LogP contribution in [0.25, 0.3) is 0 Å². The minimum Gasteiger partial charge on any atom is -0.484 e. The first-order chi connectivity index (χ1) is 9.43. The smallest absolute Gasteiger partial charge is 0.260 e. The Bertz CT molecular complexity index is 460. The summed E-state index contributed by atoms with van der Waals surface area (Å²) >= 11 is 11.5. The van der Waals surface area contributed by atoms with Crippen molar-refractivity contribution in [2.75, 3.05) is 26.3 Å². The lowest BCUT2D eigenvalue weighted by molar-refractivity contribution is -0.135. The summed E-state index contributed by atoms with van der Waals surface area (Å²) in [7, 11) is 0. The van der Waals surface area contributed by atoms with Crippen LogP contribution >= 0.6 is 23.2 Å². The number of aliphatic hydroxyl groups is 1. The lowest BCUT2D eigenvalue weighted by Crippen LogP contribution is -2.40. The largest absolute Gasteiger partial charge is 0.484 e. The zero-order valence-corrected chi connectivity index (χ0v) is 11.9. The molecular formula is C12H13Cl2F2NO3. The molecule has 20 heavy (non-hydrogen) atoms. The van der Waals surface area contributed by atoms with Crippen LogP contribution in [0.5, 0.6) is 5.75 Å². The number of amides is 1. The van der Waals surface area contributed by atoms with E-state index < -0.39 is 32.1 Å². The summed E-state index contributed by atoms with van der Waals surface area (Å²) in [6, 6.07) is 4.42. The van der Waals surface area contributed by atoms with E-state index in [4.69, 9.17) is 33.0 Å². The van der Waals surface area contributed by atoms with Crippen molar-refractivity contribution in [2.45, 2.75) is 6.43 Å². The number of rotatable bonds is 7. The van der Waals surface area contributed by atoms with Crippen LogP contribution in [0.1, 0.15) is 0 Å². The Morgan fingerprint density at radius 3 is 2.60 bits per heavy atom. The quantitative estimate of drug-likeness (QED) is 0.836. The Labute approximate surface area is 124 Å². The summed E-state index contributed by atoms with van der Waals surface area (Å²) in [6.07, 6.45) is -2.67. The van der Waals surface area contributed by atoms with Gasteiger partial charge in [-0.25, -0.2) is 8.78 Å². The van der Waals surface area contributed by atoms with E-state index in [1.54, 1.807) is 0 Å². The third-order valence-electron chi connectivity index (χ3n) is 2.33. The zero-order valence-electron chi connectivity index (χ0n) is 10.4. The highest BCUT2D eigenvalue weighted by molar-refractivity contribution is 6.42. The van der Waals surface area contributed by atoms with Gasteiger partial charge >= 0.3 is 0 Å². The van der Waals surface area contributed by atoms with Gasteiger partial charge in [0.05, 0.1) is 23.2 Å². The minimum atomic E-state index is -2.67. The van der Waals surface area contributed by atoms with Crippen molar-refractivity contribution in [1.29, 1.82) is 0 Å². The second-order valence-corrected chi connectivity index (χ2v) is 4.63. The van der Waals surface area contributed by atoms with E-state index in [-0.39, 0.29) is 11.6 Å². The normalized spacial score (nSPS) is 10.7. The summed E-state index contributed by atoms with van der Waals surface area (Å²) in [5, 5.41) is 9.34. The van der Waals surface area contributed by atoms with Gasteiger partial charge in [-0.3, -0.25) is 4.79 Å². The van der Waals surface area contributed by atoms with E-state index in [0.717, 1.165) is 4.90 Å². The summed E-state index contributed by atoms with van der Waals surface area (Å²) in [5.41, 5.74) is 0. The van der Waals surface area contributed by atoms with Crippen LogP contribution in [0, 0.1) is 0 Å². The molecular weight excluding hydrogens is 315 g/mol. The molecule has 0 saturated carbocycles. The molecule has 0 unspecified atom stereocenters. The molecule has 1 rings (SSSR count). The van der Waals surface area contributed by atoms with Crippen LogP contribution in [0.15, 0.2) is 18.2 Å². The Balaban J connectivity index is 2.57. The SMILES string of the molecule is O=C(COc1ccc(Cl)c(Cl)c1)N(CCO)CC(F)F. The Morgan fingerprint density at radius 2 is 2.05 bits per heavy atom. The lowest BCUT2D eigenvalue weighted by Gasteiger charge is -2.21. The molecule has 8 heteroatoms. The average molecular weight is 328 g/mol. The van der Waals surface area contributed by atoms with E-state index in [2.05, 4.69) is 0 Å². The Kier molecular flexibility index (Phi) is 6.98. The molecule has 112 valence electrons. The molecule has 0 aliphatic carbocycles. The highest BCUT2D eigenvalue weighted by atomic mass is 35.5. The Morgan fingerprint density at radius 1 is 1.35 bits per heavy atom. The van der Waals surface area contributed by atoms with Crippen molar-refractivity contribution in [1.82, 2.24) is 4.90 Å². The van der Waals surface area contributed by atoms with E-state index in [1.807, 2.05) is 0 Å². The number of carbonyl (C=O) groups excluding carboxylic acids is 1. The molecule has 0 bridgehead atoms. The first-order valence-electron chi connectivity index (χ1n) is 5.68. The molecule has 0 spiro atoms. The highest BCUT2D eigenvalue weighted by Gasteiger charge is 2.18. The van der Waals surface area contributed by atoms with Crippen molar-refractivity contribution in [3.63, 3.8) is 0 Å². The van der Waals surface area contributed by atoms with Crippen LogP contribution in [-0.4, -0.2) is 48.6 Å². The van der Waals surface area contributed by atoms with E-state index in [1.165, 1.54) is 18.2 Å². The molecule has 0 heterocycles. The molecule has 0 aliphatic heterocycles. The third kappa shape index (κ3) is 5.48. The molecule has 1 aromatic rings. The zero-order chi connectivity index (χ0) is 15.1. The van der Waals surface area contributed by atoms with Gasteiger partial charge in [0.15, 0.2) is 6.61 Å². The molecule has 0 saturated heterocycles. The molecule has 1 aromatic carbocycles. The van der Waals surface area contributed by atoms with Crippen LogP contribution < -0.4 is 4.74 Å². The fraction of sp³-hybridized carbons (Fsp3) is 0.417. The van der Waals surface area contributed by atoms with Crippen molar-refractivity contribution in [3.05, 3.63) is 28.2 Å². The van der Waals surface area contributed by atoms with Gasteiger partial charge in [-0.1, -0.05) is 23.2 Å². The second kappa shape index (κ2) is 8.24. The number of ether oxygens (including phenoxy) is 1. The first kappa shape index (κ1) is 16.9. The van der Waals surface area contributed by atoms with Crippen LogP contribution in [0.3, 0.4) is 0 Å². The summed E-state index contributed by atoms with van der Waals surface area (Å²) in [4.78, 5) is 12.5. The highest BCUT2D eigenvalue weighted by Crippen LogP contribution is 2.26. The molecule has 0 aromatic heterocycles. The third-order valence-corrected chi connectivity index (χ3v) is 3.07. The second-order valence-electron chi connectivity index (χ2n) is 3.82. The maximum absolute atomic E-state index is 12.3. The van der Waals surface area contributed by atoms with Gasteiger partial charge in [0.25, 0.3) is 12.3 Å². The molecule has 0 aliphatic rings. The minimum absolute atomic E-state index is 0.173. The van der Waals surface area contributed by atoms with Crippen molar-refractivity contribution in [3.8, 4) is 5.75 Å². The van der Waals surface area contributed by atoms with Crippen molar-refractivity contribution >= 4 is 29.1 Å². The van der Waals surface area contributed by atoms with Crippen LogP contribution in [0.4, 0.5) is 8.78 Å². The van der Waals surface area contributed by atoms with Gasteiger partial charge in [0.2, 0.25) is 0 Å². The topological polar surface area (TPSA) is 49.8 Å². The van der Waals surface area contributed by atoms with Gasteiger partial charge in [-0.15, -0.1) is 0 Å². The van der Waals surface area contributed by atoms with Crippen LogP contribution in [0.2, 0.25) is 10.0 Å². The molecule has 1 amide bonds. The van der Waals surface area contributed by atoms with Gasteiger partial charge in [-0.2, -0.15) is 0 Å². The summed E-state index contributed by atoms with van der Waals surface area (Å²) < 4.78 is 29.7. The number of aliphatic hydroxyl groups excluding tert-OH is 1. The number of hydrogen-bond acceptors (Lipinski definition) is 3. The first-order valence-corrected chi connectivity index (χ1v) is 6.44. The monoisotopic (exact) mass is 327 g/mol. The van der Waals surface area contributed by atoms with Crippen molar-refractivity contribution < 1.29 is 23.4 Å². The number of benzene rings is 1. The molecule has 0 atom stereocenters. The van der Waals surface area contributed by atoms with E-state index in [0.29, 0.717) is 10.8 Å². The molecule has 1 N–H and O–H groups in total. The van der Waals surface area contributed by atoms with Crippen molar-refractivity contribution in [2.24, 2.45) is 0 Å². The summed E-state index contributed by atoms with van der Waals surface area (Å²) in [6.45, 7) is -1.74. The van der Waals surface area contributed by atoms with E-state index >= 15 is 0 Å². The maximum Gasteiger partial charge on any atom is 0.260 e. The van der Waals surface area contributed by atoms with Gasteiger partial charge in [0.1, 0.15) is 5.75 Å². The molecule has 0 radical (unpaired) electrons. The van der Waals surface area contributed by atoms with E-state index in [9.17, 15) is 13.6 Å². The lowest BCUT2D eigenvalue weighted by atomic mass is 10.3. The molecule has 4 nitrogen and oxygen atoms in total. The number of hydrogen-bond donors (Lipinski definition) is 1. The predicted octanol–water partition coefficient (Wildman–Crippen LogP) is 2.46. The van der Waals surface area contributed by atoms with Gasteiger partial charge in [0, 0.05) is 12.6 Å². The maximum atomic E-state index is 12.3. The number of nitrogens with zero attached hydrogens (tertiary/aromatic N) is 1.